The third-order valence-corrected chi connectivity index (χ3v) is 1.96. The Morgan fingerprint density at radius 1 is 0.857 bits per heavy atom. The van der Waals surface area contributed by atoms with Crippen molar-refractivity contribution < 1.29 is 9.47 Å². The van der Waals surface area contributed by atoms with Gasteiger partial charge in [0.1, 0.15) is 0 Å². The van der Waals surface area contributed by atoms with Crippen molar-refractivity contribution in [2.24, 2.45) is 0 Å². The zero-order valence-electron chi connectivity index (χ0n) is 9.68. The van der Waals surface area contributed by atoms with Gasteiger partial charge in [0, 0.05) is 13.2 Å². The van der Waals surface area contributed by atoms with Crippen molar-refractivity contribution in [2.45, 2.75) is 33.1 Å². The molecule has 1 N–H and O–H groups in total. The molecule has 0 spiro atoms. The molecule has 3 nitrogen and oxygen atoms in total. The van der Waals surface area contributed by atoms with E-state index >= 15 is 0 Å². The number of rotatable bonds is 11. The van der Waals surface area contributed by atoms with Gasteiger partial charge in [-0.3, -0.25) is 0 Å². The van der Waals surface area contributed by atoms with E-state index in [-0.39, 0.29) is 0 Å². The van der Waals surface area contributed by atoms with Crippen LogP contribution in [0.1, 0.15) is 33.1 Å². The zero-order valence-corrected chi connectivity index (χ0v) is 9.68. The van der Waals surface area contributed by atoms with Crippen LogP contribution >= 0.6 is 0 Å². The lowest BCUT2D eigenvalue weighted by Gasteiger charge is -2.05. The number of hydrogen-bond acceptors (Lipinski definition) is 3. The summed E-state index contributed by atoms with van der Waals surface area (Å²) in [5.74, 6) is 0. The second-order valence-corrected chi connectivity index (χ2v) is 3.27. The lowest BCUT2D eigenvalue weighted by Crippen LogP contribution is -2.21. The van der Waals surface area contributed by atoms with Crippen molar-refractivity contribution in [1.29, 1.82) is 0 Å². The molecule has 14 heavy (non-hydrogen) atoms. The molecular formula is C11H25NO2. The minimum Gasteiger partial charge on any atom is -0.379 e. The van der Waals surface area contributed by atoms with Gasteiger partial charge in [0.25, 0.3) is 0 Å². The highest BCUT2D eigenvalue weighted by Gasteiger charge is 1.89. The molecule has 0 aliphatic rings. The maximum Gasteiger partial charge on any atom is 0.0701 e. The van der Waals surface area contributed by atoms with Crippen LogP contribution in [0.25, 0.3) is 0 Å². The molecular weight excluding hydrogens is 178 g/mol. The molecule has 0 fully saturated rings. The highest BCUT2D eigenvalue weighted by molar-refractivity contribution is 4.46. The van der Waals surface area contributed by atoms with Crippen LogP contribution in [-0.4, -0.2) is 39.5 Å². The summed E-state index contributed by atoms with van der Waals surface area (Å²) in [7, 11) is 0. The first-order valence-electron chi connectivity index (χ1n) is 5.78. The smallest absolute Gasteiger partial charge is 0.0701 e. The lowest BCUT2D eigenvalue weighted by molar-refractivity contribution is 0.0540. The average molecular weight is 203 g/mol. The first kappa shape index (κ1) is 13.9. The third-order valence-electron chi connectivity index (χ3n) is 1.96. The molecule has 0 aliphatic carbocycles. The third kappa shape index (κ3) is 11.9. The summed E-state index contributed by atoms with van der Waals surface area (Å²) < 4.78 is 10.5. The van der Waals surface area contributed by atoms with Crippen LogP contribution < -0.4 is 5.32 Å². The van der Waals surface area contributed by atoms with Crippen LogP contribution in [0, 0.1) is 0 Å². The molecule has 0 amide bonds. The molecule has 0 unspecified atom stereocenters. The van der Waals surface area contributed by atoms with Crippen molar-refractivity contribution in [3.8, 4) is 0 Å². The molecule has 86 valence electrons. The summed E-state index contributed by atoms with van der Waals surface area (Å²) in [6.07, 6.45) is 3.88. The van der Waals surface area contributed by atoms with Gasteiger partial charge in [0.05, 0.1) is 19.8 Å². The van der Waals surface area contributed by atoms with Crippen LogP contribution in [0.2, 0.25) is 0 Å². The van der Waals surface area contributed by atoms with E-state index in [2.05, 4.69) is 12.2 Å². The summed E-state index contributed by atoms with van der Waals surface area (Å²) >= 11 is 0. The van der Waals surface area contributed by atoms with Crippen LogP contribution in [-0.2, 0) is 9.47 Å². The Hall–Kier alpha value is -0.120. The van der Waals surface area contributed by atoms with E-state index < -0.39 is 0 Å². The number of hydrogen-bond donors (Lipinski definition) is 1. The second-order valence-electron chi connectivity index (χ2n) is 3.27. The number of unbranched alkanes of at least 4 members (excludes halogenated alkanes) is 2. The summed E-state index contributed by atoms with van der Waals surface area (Å²) in [5.41, 5.74) is 0. The van der Waals surface area contributed by atoms with Gasteiger partial charge >= 0.3 is 0 Å². The Balaban J connectivity index is 2.78. The Morgan fingerprint density at radius 3 is 2.36 bits per heavy atom. The van der Waals surface area contributed by atoms with Crippen LogP contribution in [0.5, 0.6) is 0 Å². The summed E-state index contributed by atoms with van der Waals surface area (Å²) in [4.78, 5) is 0. The number of ether oxygens (including phenoxy) is 2. The van der Waals surface area contributed by atoms with Gasteiger partial charge < -0.3 is 14.8 Å². The van der Waals surface area contributed by atoms with E-state index in [4.69, 9.17) is 9.47 Å². The molecule has 3 heteroatoms. The standard InChI is InChI=1S/C11H25NO2/c1-3-5-6-7-12-8-9-14-11-10-13-4-2/h12H,3-11H2,1-2H3. The fourth-order valence-electron chi connectivity index (χ4n) is 1.13. The van der Waals surface area contributed by atoms with Gasteiger partial charge in [-0.05, 0) is 19.9 Å². The summed E-state index contributed by atoms with van der Waals surface area (Å²) in [6, 6.07) is 0. The first-order chi connectivity index (χ1) is 6.91. The second kappa shape index (κ2) is 12.9. The average Bonchev–Trinajstić information content (AvgIpc) is 2.21. The fraction of sp³-hybridized carbons (Fsp3) is 1.00. The monoisotopic (exact) mass is 203 g/mol. The largest absolute Gasteiger partial charge is 0.379 e. The highest BCUT2D eigenvalue weighted by atomic mass is 16.5. The SMILES string of the molecule is CCCCCNCCOCCOCC. The maximum absolute atomic E-state index is 5.35. The summed E-state index contributed by atoms with van der Waals surface area (Å²) in [5, 5.41) is 3.35. The molecule has 0 aromatic rings. The molecule has 0 saturated heterocycles. The molecule has 0 heterocycles. The van der Waals surface area contributed by atoms with E-state index in [0.717, 1.165) is 26.3 Å². The molecule has 0 bridgehead atoms. The highest BCUT2D eigenvalue weighted by Crippen LogP contribution is 1.90. The van der Waals surface area contributed by atoms with E-state index in [1.165, 1.54) is 19.3 Å². The fourth-order valence-corrected chi connectivity index (χ4v) is 1.13. The predicted molar refractivity (Wildman–Crippen MR) is 59.7 cm³/mol. The molecule has 0 saturated carbocycles. The molecule has 0 aliphatic heterocycles. The van der Waals surface area contributed by atoms with E-state index in [1.807, 2.05) is 6.92 Å². The molecule has 0 rings (SSSR count). The van der Waals surface area contributed by atoms with Gasteiger partial charge in [0.15, 0.2) is 0 Å². The topological polar surface area (TPSA) is 30.5 Å². The van der Waals surface area contributed by atoms with Crippen LogP contribution in [0.15, 0.2) is 0 Å². The first-order valence-corrected chi connectivity index (χ1v) is 5.78. The van der Waals surface area contributed by atoms with Gasteiger partial charge in [-0.2, -0.15) is 0 Å². The van der Waals surface area contributed by atoms with Gasteiger partial charge in [-0.1, -0.05) is 19.8 Å². The molecule has 0 atom stereocenters. The van der Waals surface area contributed by atoms with E-state index in [0.29, 0.717) is 13.2 Å². The number of nitrogens with one attached hydrogen (secondary N) is 1. The minimum atomic E-state index is 0.713. The van der Waals surface area contributed by atoms with E-state index in [9.17, 15) is 0 Å². The normalized spacial score (nSPS) is 10.7. The van der Waals surface area contributed by atoms with Crippen molar-refractivity contribution in [1.82, 2.24) is 5.32 Å². The van der Waals surface area contributed by atoms with Crippen molar-refractivity contribution in [3.63, 3.8) is 0 Å². The Morgan fingerprint density at radius 2 is 1.64 bits per heavy atom. The van der Waals surface area contributed by atoms with Crippen LogP contribution in [0.4, 0.5) is 0 Å². The zero-order chi connectivity index (χ0) is 10.5. The van der Waals surface area contributed by atoms with Gasteiger partial charge in [-0.25, -0.2) is 0 Å². The van der Waals surface area contributed by atoms with E-state index in [1.54, 1.807) is 0 Å². The Kier molecular flexibility index (Phi) is 12.8. The molecule has 0 aromatic heterocycles. The van der Waals surface area contributed by atoms with Gasteiger partial charge in [0.2, 0.25) is 0 Å². The van der Waals surface area contributed by atoms with Crippen LogP contribution in [0.3, 0.4) is 0 Å². The maximum atomic E-state index is 5.35. The lowest BCUT2D eigenvalue weighted by atomic mass is 10.2. The molecule has 0 radical (unpaired) electrons. The molecule has 0 aromatic carbocycles. The van der Waals surface area contributed by atoms with Gasteiger partial charge in [-0.15, -0.1) is 0 Å². The quantitative estimate of drug-likeness (QED) is 0.520. The van der Waals surface area contributed by atoms with Crippen molar-refractivity contribution in [2.75, 3.05) is 39.5 Å². The predicted octanol–water partition coefficient (Wildman–Crippen LogP) is 1.82. The Labute approximate surface area is 88.2 Å². The summed E-state index contributed by atoms with van der Waals surface area (Å²) in [6.45, 7) is 9.28. The Bertz CT molecular complexity index is 87.3. The minimum absolute atomic E-state index is 0.713. The van der Waals surface area contributed by atoms with Crippen molar-refractivity contribution >= 4 is 0 Å². The van der Waals surface area contributed by atoms with Crippen molar-refractivity contribution in [3.05, 3.63) is 0 Å².